The summed E-state index contributed by atoms with van der Waals surface area (Å²) in [6.45, 7) is 6.19. The first-order chi connectivity index (χ1) is 8.69. The van der Waals surface area contributed by atoms with Crippen molar-refractivity contribution in [1.29, 1.82) is 0 Å². The van der Waals surface area contributed by atoms with Crippen molar-refractivity contribution in [1.82, 2.24) is 4.90 Å². The standard InChI is InChI=1S/C13H31NO3Si/c1-5-7-10-14(13(15)6-2)11-8-9-12-18(16-3)17-4/h13,15,18H,5-12H2,1-4H3. The highest BCUT2D eigenvalue weighted by atomic mass is 28.3. The van der Waals surface area contributed by atoms with E-state index in [1.807, 2.05) is 6.92 Å². The molecule has 0 rings (SSSR count). The van der Waals surface area contributed by atoms with Gasteiger partial charge in [0.1, 0.15) is 6.23 Å². The van der Waals surface area contributed by atoms with Crippen LogP contribution in [0.15, 0.2) is 0 Å². The quantitative estimate of drug-likeness (QED) is 0.337. The lowest BCUT2D eigenvalue weighted by Gasteiger charge is -2.27. The van der Waals surface area contributed by atoms with E-state index in [-0.39, 0.29) is 6.23 Å². The Bertz CT molecular complexity index is 180. The van der Waals surface area contributed by atoms with E-state index in [2.05, 4.69) is 11.8 Å². The van der Waals surface area contributed by atoms with Crippen LogP contribution >= 0.6 is 0 Å². The highest BCUT2D eigenvalue weighted by Gasteiger charge is 2.14. The monoisotopic (exact) mass is 277 g/mol. The highest BCUT2D eigenvalue weighted by Crippen LogP contribution is 2.08. The number of hydrogen-bond donors (Lipinski definition) is 1. The summed E-state index contributed by atoms with van der Waals surface area (Å²) in [6, 6.07) is 1.05. The molecule has 0 aromatic heterocycles. The molecule has 0 aliphatic rings. The Kier molecular flexibility index (Phi) is 12.1. The molecule has 0 saturated carbocycles. The Labute approximate surface area is 114 Å². The lowest BCUT2D eigenvalue weighted by atomic mass is 10.2. The van der Waals surface area contributed by atoms with E-state index in [1.54, 1.807) is 14.2 Å². The topological polar surface area (TPSA) is 41.9 Å². The van der Waals surface area contributed by atoms with Crippen molar-refractivity contribution >= 4 is 9.28 Å². The first kappa shape index (κ1) is 18.1. The molecule has 0 spiro atoms. The van der Waals surface area contributed by atoms with Gasteiger partial charge in [0, 0.05) is 27.3 Å². The average Bonchev–Trinajstić information content (AvgIpc) is 2.41. The van der Waals surface area contributed by atoms with Crippen LogP contribution in [0.1, 0.15) is 46.0 Å². The van der Waals surface area contributed by atoms with E-state index >= 15 is 0 Å². The summed E-state index contributed by atoms with van der Waals surface area (Å²) in [5.41, 5.74) is 0. The Balaban J connectivity index is 3.81. The molecule has 0 aromatic rings. The fraction of sp³-hybridized carbons (Fsp3) is 1.00. The Morgan fingerprint density at radius 2 is 1.67 bits per heavy atom. The summed E-state index contributed by atoms with van der Waals surface area (Å²) in [5, 5.41) is 9.93. The molecule has 110 valence electrons. The van der Waals surface area contributed by atoms with Crippen LogP contribution < -0.4 is 0 Å². The molecule has 1 unspecified atom stereocenters. The van der Waals surface area contributed by atoms with Crippen LogP contribution in [0.25, 0.3) is 0 Å². The van der Waals surface area contributed by atoms with Crippen molar-refractivity contribution in [2.24, 2.45) is 0 Å². The Morgan fingerprint density at radius 3 is 2.17 bits per heavy atom. The maximum atomic E-state index is 9.93. The third-order valence-corrected chi connectivity index (χ3v) is 5.18. The van der Waals surface area contributed by atoms with Gasteiger partial charge in [0.15, 0.2) is 0 Å². The molecule has 0 aliphatic heterocycles. The summed E-state index contributed by atoms with van der Waals surface area (Å²) in [4.78, 5) is 2.19. The van der Waals surface area contributed by atoms with E-state index in [1.165, 1.54) is 6.42 Å². The number of aliphatic hydroxyl groups excluding tert-OH is 1. The molecule has 0 aliphatic carbocycles. The minimum atomic E-state index is -1.39. The van der Waals surface area contributed by atoms with Gasteiger partial charge in [0.2, 0.25) is 0 Å². The van der Waals surface area contributed by atoms with E-state index in [0.717, 1.165) is 44.8 Å². The van der Waals surface area contributed by atoms with Gasteiger partial charge < -0.3 is 14.0 Å². The first-order valence-electron chi connectivity index (χ1n) is 7.17. The smallest absolute Gasteiger partial charge is 0.320 e. The zero-order chi connectivity index (χ0) is 13.8. The van der Waals surface area contributed by atoms with Crippen molar-refractivity contribution < 1.29 is 14.0 Å². The molecular weight excluding hydrogens is 246 g/mol. The summed E-state index contributed by atoms with van der Waals surface area (Å²) < 4.78 is 10.6. The molecule has 0 aromatic carbocycles. The SMILES string of the molecule is CCCCN(CCCC[SiH](OC)OC)C(O)CC. The van der Waals surface area contributed by atoms with Gasteiger partial charge in [0.05, 0.1) is 0 Å². The summed E-state index contributed by atoms with van der Waals surface area (Å²) >= 11 is 0. The molecule has 0 bridgehead atoms. The van der Waals surface area contributed by atoms with Gasteiger partial charge in [-0.15, -0.1) is 0 Å². The van der Waals surface area contributed by atoms with Crippen molar-refractivity contribution in [2.75, 3.05) is 27.3 Å². The van der Waals surface area contributed by atoms with Gasteiger partial charge in [-0.3, -0.25) is 4.90 Å². The molecule has 0 fully saturated rings. The molecule has 5 heteroatoms. The molecule has 0 saturated heterocycles. The van der Waals surface area contributed by atoms with Gasteiger partial charge in [0.25, 0.3) is 0 Å². The van der Waals surface area contributed by atoms with E-state index < -0.39 is 9.28 Å². The maximum absolute atomic E-state index is 9.93. The molecule has 1 N–H and O–H groups in total. The average molecular weight is 277 g/mol. The van der Waals surface area contributed by atoms with Gasteiger partial charge >= 0.3 is 9.28 Å². The van der Waals surface area contributed by atoms with Crippen molar-refractivity contribution in [3.8, 4) is 0 Å². The third kappa shape index (κ3) is 8.21. The molecule has 4 nitrogen and oxygen atoms in total. The van der Waals surface area contributed by atoms with Crippen molar-refractivity contribution in [2.45, 2.75) is 58.2 Å². The van der Waals surface area contributed by atoms with Gasteiger partial charge in [-0.1, -0.05) is 26.7 Å². The second kappa shape index (κ2) is 12.1. The minimum absolute atomic E-state index is 0.283. The zero-order valence-corrected chi connectivity index (χ0v) is 13.7. The normalized spacial score (nSPS) is 13.5. The molecule has 18 heavy (non-hydrogen) atoms. The van der Waals surface area contributed by atoms with E-state index in [9.17, 15) is 5.11 Å². The van der Waals surface area contributed by atoms with Gasteiger partial charge in [-0.25, -0.2) is 0 Å². The number of hydrogen-bond acceptors (Lipinski definition) is 4. The maximum Gasteiger partial charge on any atom is 0.320 e. The zero-order valence-electron chi connectivity index (χ0n) is 12.5. The van der Waals surface area contributed by atoms with Crippen LogP contribution in [0.4, 0.5) is 0 Å². The second-order valence-corrected chi connectivity index (χ2v) is 7.05. The summed E-state index contributed by atoms with van der Waals surface area (Å²) in [5.74, 6) is 0. The molecule has 1 atom stereocenters. The van der Waals surface area contributed by atoms with Crippen LogP contribution in [0.5, 0.6) is 0 Å². The largest absolute Gasteiger partial charge is 0.400 e. The van der Waals surface area contributed by atoms with Crippen LogP contribution in [0.2, 0.25) is 6.04 Å². The second-order valence-electron chi connectivity index (χ2n) is 4.68. The lowest BCUT2D eigenvalue weighted by Crippen LogP contribution is -2.36. The van der Waals surface area contributed by atoms with Crippen LogP contribution in [0.3, 0.4) is 0 Å². The number of unbranched alkanes of at least 4 members (excludes halogenated alkanes) is 2. The van der Waals surface area contributed by atoms with Crippen LogP contribution in [-0.4, -0.2) is 52.8 Å². The first-order valence-corrected chi connectivity index (χ1v) is 8.93. The molecular formula is C13H31NO3Si. The highest BCUT2D eigenvalue weighted by molar-refractivity contribution is 6.44. The minimum Gasteiger partial charge on any atom is -0.400 e. The third-order valence-electron chi connectivity index (χ3n) is 3.25. The van der Waals surface area contributed by atoms with Gasteiger partial charge in [-0.05, 0) is 25.3 Å². The number of rotatable bonds is 12. The molecule has 0 radical (unpaired) electrons. The summed E-state index contributed by atoms with van der Waals surface area (Å²) in [6.07, 6.45) is 5.08. The van der Waals surface area contributed by atoms with E-state index in [4.69, 9.17) is 8.85 Å². The summed E-state index contributed by atoms with van der Waals surface area (Å²) in [7, 11) is 2.07. The van der Waals surface area contributed by atoms with Crippen LogP contribution in [0, 0.1) is 0 Å². The van der Waals surface area contributed by atoms with Crippen LogP contribution in [-0.2, 0) is 8.85 Å². The fourth-order valence-electron chi connectivity index (χ4n) is 1.99. The molecule has 0 amide bonds. The Morgan fingerprint density at radius 1 is 1.06 bits per heavy atom. The predicted octanol–water partition coefficient (Wildman–Crippen LogP) is 2.11. The van der Waals surface area contributed by atoms with Gasteiger partial charge in [-0.2, -0.15) is 0 Å². The number of aliphatic hydroxyl groups is 1. The number of nitrogens with zero attached hydrogens (tertiary/aromatic N) is 1. The Hall–Kier alpha value is 0.0569. The predicted molar refractivity (Wildman–Crippen MR) is 78.0 cm³/mol. The van der Waals surface area contributed by atoms with Crippen molar-refractivity contribution in [3.05, 3.63) is 0 Å². The van der Waals surface area contributed by atoms with Crippen molar-refractivity contribution in [3.63, 3.8) is 0 Å². The lowest BCUT2D eigenvalue weighted by molar-refractivity contribution is -0.000496. The van der Waals surface area contributed by atoms with E-state index in [0.29, 0.717) is 0 Å². The molecule has 0 heterocycles. The fourth-order valence-corrected chi connectivity index (χ4v) is 3.27.